The Labute approximate surface area is 139 Å². The summed E-state index contributed by atoms with van der Waals surface area (Å²) in [5.41, 5.74) is 4.20. The fourth-order valence-corrected chi connectivity index (χ4v) is 3.72. The van der Waals surface area contributed by atoms with E-state index in [1.807, 2.05) is 12.1 Å². The topological polar surface area (TPSA) is 23.5 Å². The first-order valence-electron chi connectivity index (χ1n) is 8.84. The van der Waals surface area contributed by atoms with E-state index in [4.69, 9.17) is 0 Å². The fraction of sp³-hybridized carbons (Fsp3) is 0.429. The summed E-state index contributed by atoms with van der Waals surface area (Å²) in [6, 6.07) is 16.6. The van der Waals surface area contributed by atoms with Crippen LogP contribution >= 0.6 is 0 Å². The van der Waals surface area contributed by atoms with Crippen molar-refractivity contribution >= 4 is 0 Å². The molecule has 2 aromatic rings. The van der Waals surface area contributed by atoms with E-state index < -0.39 is 0 Å². The number of phenols is 1. The second-order valence-electron chi connectivity index (χ2n) is 6.65. The molecule has 0 radical (unpaired) electrons. The van der Waals surface area contributed by atoms with Gasteiger partial charge < -0.3 is 10.0 Å². The zero-order valence-corrected chi connectivity index (χ0v) is 14.0. The number of aromatic hydroxyl groups is 1. The molecular formula is C21H27NO. The van der Waals surface area contributed by atoms with Crippen molar-refractivity contribution < 1.29 is 5.11 Å². The fourth-order valence-electron chi connectivity index (χ4n) is 3.72. The van der Waals surface area contributed by atoms with E-state index in [1.54, 1.807) is 0 Å². The first kappa shape index (κ1) is 16.1. The van der Waals surface area contributed by atoms with E-state index in [1.165, 1.54) is 29.5 Å². The summed E-state index contributed by atoms with van der Waals surface area (Å²) in [4.78, 5) is 2.59. The van der Waals surface area contributed by atoms with Crippen molar-refractivity contribution in [2.24, 2.45) is 0 Å². The molecular weight excluding hydrogens is 282 g/mol. The van der Waals surface area contributed by atoms with Crippen molar-refractivity contribution in [1.82, 2.24) is 4.90 Å². The Bertz CT molecular complexity index is 623. The smallest absolute Gasteiger partial charge is 0.115 e. The predicted octanol–water partition coefficient (Wildman–Crippen LogP) is 4.38. The standard InChI is InChI=1S/C21H27NO/c1-2-13-22(14-12-17-6-4-3-5-7-17)16-19-9-8-18-10-11-20(23)15-21(18)19/h3-7,10-11,15,19,23H,2,8-9,12-14,16H2,1H3. The summed E-state index contributed by atoms with van der Waals surface area (Å²) in [6.45, 7) is 5.63. The van der Waals surface area contributed by atoms with E-state index in [-0.39, 0.29) is 0 Å². The van der Waals surface area contributed by atoms with Gasteiger partial charge in [0.2, 0.25) is 0 Å². The summed E-state index contributed by atoms with van der Waals surface area (Å²) < 4.78 is 0. The minimum atomic E-state index is 0.405. The molecule has 23 heavy (non-hydrogen) atoms. The molecule has 0 saturated carbocycles. The Kier molecular flexibility index (Phi) is 5.35. The van der Waals surface area contributed by atoms with Crippen LogP contribution in [0.1, 0.15) is 42.4 Å². The molecule has 0 saturated heterocycles. The van der Waals surface area contributed by atoms with Gasteiger partial charge in [0, 0.05) is 13.1 Å². The first-order chi connectivity index (χ1) is 11.3. The third-order valence-electron chi connectivity index (χ3n) is 4.91. The second-order valence-corrected chi connectivity index (χ2v) is 6.65. The van der Waals surface area contributed by atoms with Crippen LogP contribution in [0.2, 0.25) is 0 Å². The zero-order valence-electron chi connectivity index (χ0n) is 14.0. The highest BCUT2D eigenvalue weighted by Crippen LogP contribution is 2.35. The Balaban J connectivity index is 1.63. The molecule has 0 bridgehead atoms. The van der Waals surface area contributed by atoms with Crippen LogP contribution in [0.3, 0.4) is 0 Å². The molecule has 0 spiro atoms. The van der Waals surface area contributed by atoms with E-state index >= 15 is 0 Å². The van der Waals surface area contributed by atoms with Gasteiger partial charge in [-0.3, -0.25) is 0 Å². The molecule has 1 N–H and O–H groups in total. The molecule has 1 aliphatic carbocycles. The molecule has 122 valence electrons. The van der Waals surface area contributed by atoms with Gasteiger partial charge in [-0.05, 0) is 67.0 Å². The quantitative estimate of drug-likeness (QED) is 0.820. The van der Waals surface area contributed by atoms with Gasteiger partial charge in [-0.1, -0.05) is 43.3 Å². The number of rotatable bonds is 7. The Hall–Kier alpha value is -1.80. The van der Waals surface area contributed by atoms with Crippen molar-refractivity contribution in [3.8, 4) is 5.75 Å². The molecule has 0 fully saturated rings. The Morgan fingerprint density at radius 2 is 1.91 bits per heavy atom. The van der Waals surface area contributed by atoms with Gasteiger partial charge in [0.1, 0.15) is 5.75 Å². The molecule has 0 aromatic heterocycles. The van der Waals surface area contributed by atoms with Crippen LogP contribution < -0.4 is 0 Å². The van der Waals surface area contributed by atoms with Crippen molar-refractivity contribution in [2.45, 2.75) is 38.5 Å². The molecule has 2 heteroatoms. The third-order valence-corrected chi connectivity index (χ3v) is 4.91. The highest BCUT2D eigenvalue weighted by molar-refractivity contribution is 5.40. The van der Waals surface area contributed by atoms with Crippen LogP contribution in [-0.4, -0.2) is 29.6 Å². The SMILES string of the molecule is CCCN(CCc1ccccc1)CC1CCc2ccc(O)cc21. The van der Waals surface area contributed by atoms with Crippen LogP contribution in [0.5, 0.6) is 5.75 Å². The summed E-state index contributed by atoms with van der Waals surface area (Å²) >= 11 is 0. The number of phenolic OH excluding ortho intramolecular Hbond substituents is 1. The summed E-state index contributed by atoms with van der Waals surface area (Å²) in [7, 11) is 0. The monoisotopic (exact) mass is 309 g/mol. The van der Waals surface area contributed by atoms with Crippen molar-refractivity contribution in [3.05, 3.63) is 65.2 Å². The molecule has 0 amide bonds. The zero-order chi connectivity index (χ0) is 16.1. The summed E-state index contributed by atoms with van der Waals surface area (Å²) in [5.74, 6) is 0.974. The van der Waals surface area contributed by atoms with Crippen LogP contribution in [0.4, 0.5) is 0 Å². The molecule has 3 rings (SSSR count). The predicted molar refractivity (Wildman–Crippen MR) is 96.0 cm³/mol. The van der Waals surface area contributed by atoms with Gasteiger partial charge >= 0.3 is 0 Å². The van der Waals surface area contributed by atoms with E-state index in [2.05, 4.69) is 48.2 Å². The minimum absolute atomic E-state index is 0.405. The number of nitrogens with zero attached hydrogens (tertiary/aromatic N) is 1. The molecule has 2 aromatic carbocycles. The van der Waals surface area contributed by atoms with E-state index in [0.29, 0.717) is 11.7 Å². The highest BCUT2D eigenvalue weighted by Gasteiger charge is 2.24. The first-order valence-corrected chi connectivity index (χ1v) is 8.84. The van der Waals surface area contributed by atoms with Crippen LogP contribution in [0.15, 0.2) is 48.5 Å². The lowest BCUT2D eigenvalue weighted by Crippen LogP contribution is -2.31. The van der Waals surface area contributed by atoms with Crippen LogP contribution in [0, 0.1) is 0 Å². The average molecular weight is 309 g/mol. The lowest BCUT2D eigenvalue weighted by atomic mass is 10.00. The Morgan fingerprint density at radius 3 is 2.70 bits per heavy atom. The molecule has 0 aliphatic heterocycles. The summed E-state index contributed by atoms with van der Waals surface area (Å²) in [5, 5.41) is 9.79. The number of fused-ring (bicyclic) bond motifs is 1. The summed E-state index contributed by atoms with van der Waals surface area (Å²) in [6.07, 6.45) is 4.66. The lowest BCUT2D eigenvalue weighted by molar-refractivity contribution is 0.259. The van der Waals surface area contributed by atoms with Gasteiger partial charge in [-0.15, -0.1) is 0 Å². The lowest BCUT2D eigenvalue weighted by Gasteiger charge is -2.25. The van der Waals surface area contributed by atoms with Crippen LogP contribution in [0.25, 0.3) is 0 Å². The van der Waals surface area contributed by atoms with E-state index in [0.717, 1.165) is 32.5 Å². The number of hydrogen-bond acceptors (Lipinski definition) is 2. The third kappa shape index (κ3) is 4.14. The van der Waals surface area contributed by atoms with Crippen molar-refractivity contribution in [3.63, 3.8) is 0 Å². The van der Waals surface area contributed by atoms with Crippen LogP contribution in [-0.2, 0) is 12.8 Å². The minimum Gasteiger partial charge on any atom is -0.508 e. The van der Waals surface area contributed by atoms with Gasteiger partial charge in [-0.25, -0.2) is 0 Å². The molecule has 1 atom stereocenters. The maximum atomic E-state index is 9.79. The normalized spacial score (nSPS) is 16.7. The maximum Gasteiger partial charge on any atom is 0.115 e. The number of hydrogen-bond donors (Lipinski definition) is 1. The highest BCUT2D eigenvalue weighted by atomic mass is 16.3. The number of benzene rings is 2. The molecule has 1 unspecified atom stereocenters. The number of aryl methyl sites for hydroxylation is 1. The van der Waals surface area contributed by atoms with Gasteiger partial charge in [-0.2, -0.15) is 0 Å². The molecule has 1 aliphatic rings. The molecule has 2 nitrogen and oxygen atoms in total. The molecule has 0 heterocycles. The average Bonchev–Trinajstić information content (AvgIpc) is 2.96. The van der Waals surface area contributed by atoms with Crippen molar-refractivity contribution in [2.75, 3.05) is 19.6 Å². The second kappa shape index (κ2) is 7.65. The van der Waals surface area contributed by atoms with Gasteiger partial charge in [0.05, 0.1) is 0 Å². The maximum absolute atomic E-state index is 9.79. The Morgan fingerprint density at radius 1 is 1.09 bits per heavy atom. The van der Waals surface area contributed by atoms with Crippen molar-refractivity contribution in [1.29, 1.82) is 0 Å². The van der Waals surface area contributed by atoms with Gasteiger partial charge in [0.25, 0.3) is 0 Å². The largest absolute Gasteiger partial charge is 0.508 e. The van der Waals surface area contributed by atoms with E-state index in [9.17, 15) is 5.11 Å². The van der Waals surface area contributed by atoms with Gasteiger partial charge in [0.15, 0.2) is 0 Å².